The van der Waals surface area contributed by atoms with E-state index in [-0.39, 0.29) is 32.2 Å². The lowest BCUT2D eigenvalue weighted by Gasteiger charge is -2.37. The van der Waals surface area contributed by atoms with Gasteiger partial charge >= 0.3 is 5.97 Å². The summed E-state index contributed by atoms with van der Waals surface area (Å²) in [5.41, 5.74) is 11.3. The highest BCUT2D eigenvalue weighted by Gasteiger charge is 2.38. The third-order valence-corrected chi connectivity index (χ3v) is 7.49. The van der Waals surface area contributed by atoms with Crippen molar-refractivity contribution in [1.82, 2.24) is 20.9 Å². The Morgan fingerprint density at radius 1 is 0.933 bits per heavy atom. The maximum absolute atomic E-state index is 13.7. The van der Waals surface area contributed by atoms with E-state index in [0.29, 0.717) is 18.4 Å². The summed E-state index contributed by atoms with van der Waals surface area (Å²) in [4.78, 5) is 88.6. The number of rotatable bonds is 15. The molecule has 2 aromatic rings. The molecule has 240 valence electrons. The summed E-state index contributed by atoms with van der Waals surface area (Å²) in [5.74, 6) is -5.85. The molecule has 14 heteroatoms. The minimum absolute atomic E-state index is 0.00140. The van der Waals surface area contributed by atoms with Crippen molar-refractivity contribution in [3.05, 3.63) is 60.7 Å². The van der Waals surface area contributed by atoms with Crippen LogP contribution in [0.2, 0.25) is 0 Å². The molecule has 45 heavy (non-hydrogen) atoms. The Morgan fingerprint density at radius 2 is 1.64 bits per heavy atom. The Balaban J connectivity index is 1.88. The number of likely N-dealkylation sites (tertiary alicyclic amines) is 1. The molecule has 0 aromatic heterocycles. The number of nitrogens with one attached hydrogen (secondary N) is 3. The zero-order chi connectivity index (χ0) is 33.1. The smallest absolute Gasteiger partial charge is 0.305 e. The number of carboxylic acid groups (broad SMARTS) is 1. The van der Waals surface area contributed by atoms with Crippen molar-refractivity contribution in [2.45, 2.75) is 69.1 Å². The minimum Gasteiger partial charge on any atom is -0.481 e. The van der Waals surface area contributed by atoms with Gasteiger partial charge in [-0.25, -0.2) is 0 Å². The summed E-state index contributed by atoms with van der Waals surface area (Å²) in [6.07, 6.45) is 1.17. The molecule has 4 unspecified atom stereocenters. The van der Waals surface area contributed by atoms with E-state index in [2.05, 4.69) is 22.5 Å². The maximum Gasteiger partial charge on any atom is 0.305 e. The molecule has 8 N–H and O–H groups in total. The van der Waals surface area contributed by atoms with Crippen molar-refractivity contribution in [3.8, 4) is 0 Å². The van der Waals surface area contributed by atoms with Crippen molar-refractivity contribution in [3.63, 3.8) is 0 Å². The van der Waals surface area contributed by atoms with Crippen LogP contribution in [0, 0.1) is 0 Å². The van der Waals surface area contributed by atoms with E-state index < -0.39 is 72.0 Å². The number of nitrogens with zero attached hydrogens (tertiary/aromatic N) is 1. The van der Waals surface area contributed by atoms with Gasteiger partial charge in [0.25, 0.3) is 0 Å². The van der Waals surface area contributed by atoms with Crippen molar-refractivity contribution in [2.75, 3.05) is 6.54 Å². The molecule has 1 saturated heterocycles. The summed E-state index contributed by atoms with van der Waals surface area (Å²) in [6, 6.07) is 8.09. The lowest BCUT2D eigenvalue weighted by Crippen LogP contribution is -2.60. The monoisotopic (exact) mass is 622 g/mol. The topological polar surface area (TPSA) is 231 Å². The Morgan fingerprint density at radius 3 is 2.29 bits per heavy atom. The van der Waals surface area contributed by atoms with Gasteiger partial charge in [-0.1, -0.05) is 49.0 Å². The second kappa shape index (κ2) is 16.0. The van der Waals surface area contributed by atoms with Crippen LogP contribution in [0.5, 0.6) is 0 Å². The van der Waals surface area contributed by atoms with Crippen LogP contribution < -0.4 is 27.4 Å². The third-order valence-electron chi connectivity index (χ3n) is 7.49. The summed E-state index contributed by atoms with van der Waals surface area (Å²) in [7, 11) is 0. The van der Waals surface area contributed by atoms with Crippen molar-refractivity contribution in [2.24, 2.45) is 11.5 Å². The molecule has 0 spiro atoms. The molecule has 0 radical (unpaired) electrons. The van der Waals surface area contributed by atoms with Gasteiger partial charge in [-0.05, 0) is 48.1 Å². The number of primary amides is 2. The summed E-state index contributed by atoms with van der Waals surface area (Å²) in [5, 5.41) is 18.7. The molecule has 4 atom stereocenters. The molecule has 2 aromatic carbocycles. The van der Waals surface area contributed by atoms with Crippen LogP contribution in [-0.4, -0.2) is 82.1 Å². The molecule has 1 aliphatic heterocycles. The average Bonchev–Trinajstić information content (AvgIpc) is 3.01. The first kappa shape index (κ1) is 34.2. The van der Waals surface area contributed by atoms with E-state index in [9.17, 15) is 38.7 Å². The molecule has 0 bridgehead atoms. The molecule has 3 rings (SSSR count). The van der Waals surface area contributed by atoms with Crippen LogP contribution in [0.3, 0.4) is 0 Å². The Labute approximate surface area is 259 Å². The highest BCUT2D eigenvalue weighted by Crippen LogP contribution is 2.21. The first-order valence-corrected chi connectivity index (χ1v) is 14.5. The quantitative estimate of drug-likeness (QED) is 0.143. The van der Waals surface area contributed by atoms with E-state index in [0.717, 1.165) is 16.8 Å². The lowest BCUT2D eigenvalue weighted by molar-refractivity contribution is -0.148. The molecule has 1 fully saturated rings. The average molecular weight is 623 g/mol. The number of carbonyl (C=O) groups is 7. The standard InChI is InChI=1S/C31H38N6O8/c1-2-26(39)34-23(17-27(40)41)31(45)37-14-6-5-9-24(37)30(44)36-22(29(43)35-21(28(33)42)12-13-25(32)38)16-18-10-11-19-7-3-4-8-20(19)15-18/h2-4,7-8,10-11,15,21-24H,1,5-6,9,12-14,16-17H2,(H2,32,38)(H2,33,42)(H,34,39)(H,35,43)(H,36,44)(H,40,41). The number of amides is 6. The summed E-state index contributed by atoms with van der Waals surface area (Å²) >= 11 is 0. The van der Waals surface area contributed by atoms with Crippen LogP contribution >= 0.6 is 0 Å². The summed E-state index contributed by atoms with van der Waals surface area (Å²) < 4.78 is 0. The van der Waals surface area contributed by atoms with Gasteiger partial charge in [-0.3, -0.25) is 33.6 Å². The van der Waals surface area contributed by atoms with Crippen LogP contribution in [0.4, 0.5) is 0 Å². The number of aliphatic carboxylic acids is 1. The first-order valence-electron chi connectivity index (χ1n) is 14.5. The maximum atomic E-state index is 13.7. The minimum atomic E-state index is -1.44. The van der Waals surface area contributed by atoms with Crippen molar-refractivity contribution < 1.29 is 38.7 Å². The van der Waals surface area contributed by atoms with Crippen LogP contribution in [-0.2, 0) is 40.0 Å². The largest absolute Gasteiger partial charge is 0.481 e. The normalized spacial score (nSPS) is 16.4. The number of fused-ring (bicyclic) bond motifs is 1. The first-order chi connectivity index (χ1) is 21.4. The number of nitrogens with two attached hydrogens (primary N) is 2. The van der Waals surface area contributed by atoms with E-state index in [1.807, 2.05) is 36.4 Å². The van der Waals surface area contributed by atoms with Crippen LogP contribution in [0.1, 0.15) is 44.1 Å². The number of carboxylic acids is 1. The van der Waals surface area contributed by atoms with Gasteiger partial charge in [0, 0.05) is 19.4 Å². The highest BCUT2D eigenvalue weighted by atomic mass is 16.4. The molecule has 1 heterocycles. The molecule has 6 amide bonds. The van der Waals surface area contributed by atoms with Gasteiger partial charge in [0.1, 0.15) is 24.2 Å². The highest BCUT2D eigenvalue weighted by molar-refractivity contribution is 5.98. The summed E-state index contributed by atoms with van der Waals surface area (Å²) in [6.45, 7) is 3.44. The zero-order valence-electron chi connectivity index (χ0n) is 24.7. The van der Waals surface area contributed by atoms with Crippen LogP contribution in [0.25, 0.3) is 10.8 Å². The second-order valence-corrected chi connectivity index (χ2v) is 10.8. The van der Waals surface area contributed by atoms with E-state index in [4.69, 9.17) is 11.5 Å². The van der Waals surface area contributed by atoms with Crippen LogP contribution in [0.15, 0.2) is 55.1 Å². The van der Waals surface area contributed by atoms with Gasteiger partial charge in [0.2, 0.25) is 35.4 Å². The molecular weight excluding hydrogens is 584 g/mol. The Bertz CT molecular complexity index is 1480. The SMILES string of the molecule is C=CC(=O)NC(CC(=O)O)C(=O)N1CCCCC1C(=O)NC(Cc1ccc2ccccc2c1)C(=O)NC(CCC(N)=O)C(N)=O. The van der Waals surface area contributed by atoms with E-state index >= 15 is 0 Å². The Hall–Kier alpha value is -5.27. The fourth-order valence-electron chi connectivity index (χ4n) is 5.20. The number of hydrogen-bond acceptors (Lipinski definition) is 7. The fourth-order valence-corrected chi connectivity index (χ4v) is 5.20. The zero-order valence-corrected chi connectivity index (χ0v) is 24.7. The molecule has 0 aliphatic carbocycles. The van der Waals surface area contributed by atoms with Crippen molar-refractivity contribution in [1.29, 1.82) is 0 Å². The van der Waals surface area contributed by atoms with Gasteiger partial charge in [-0.2, -0.15) is 0 Å². The predicted octanol–water partition coefficient (Wildman–Crippen LogP) is -0.371. The van der Waals surface area contributed by atoms with Crippen molar-refractivity contribution >= 4 is 52.2 Å². The lowest BCUT2D eigenvalue weighted by atomic mass is 9.97. The molecule has 14 nitrogen and oxygen atoms in total. The molecule has 0 saturated carbocycles. The van der Waals surface area contributed by atoms with E-state index in [1.54, 1.807) is 6.07 Å². The second-order valence-electron chi connectivity index (χ2n) is 10.8. The Kier molecular flexibility index (Phi) is 12.2. The number of benzene rings is 2. The fraction of sp³-hybridized carbons (Fsp3) is 0.387. The predicted molar refractivity (Wildman–Crippen MR) is 163 cm³/mol. The van der Waals surface area contributed by atoms with Gasteiger partial charge in [0.15, 0.2) is 0 Å². The number of hydrogen-bond donors (Lipinski definition) is 6. The van der Waals surface area contributed by atoms with Gasteiger partial charge in [0.05, 0.1) is 6.42 Å². The molecular formula is C31H38N6O8. The van der Waals surface area contributed by atoms with E-state index in [1.165, 1.54) is 4.90 Å². The van der Waals surface area contributed by atoms with Gasteiger partial charge in [-0.15, -0.1) is 0 Å². The molecule has 1 aliphatic rings. The number of carbonyl (C=O) groups excluding carboxylic acids is 6. The van der Waals surface area contributed by atoms with Gasteiger partial charge < -0.3 is 37.4 Å². The number of piperidine rings is 1. The third kappa shape index (κ3) is 9.88.